The number of halogens is 1. The van der Waals surface area contributed by atoms with E-state index in [-0.39, 0.29) is 29.4 Å². The normalized spacial score (nSPS) is 16.2. The summed E-state index contributed by atoms with van der Waals surface area (Å²) in [6, 6.07) is 4.04. The Morgan fingerprint density at radius 1 is 1.42 bits per heavy atom. The minimum absolute atomic E-state index is 0.0427. The minimum atomic E-state index is -3.82. The van der Waals surface area contributed by atoms with E-state index in [1.54, 1.807) is 0 Å². The number of aromatic nitrogens is 1. The Bertz CT molecular complexity index is 999. The van der Waals surface area contributed by atoms with E-state index in [9.17, 15) is 22.4 Å². The molecule has 26 heavy (non-hydrogen) atoms. The number of carbonyl (C=O) groups is 1. The van der Waals surface area contributed by atoms with Gasteiger partial charge in [-0.2, -0.15) is 0 Å². The summed E-state index contributed by atoms with van der Waals surface area (Å²) < 4.78 is 45.1. The maximum absolute atomic E-state index is 13.2. The Kier molecular flexibility index (Phi) is 5.12. The number of carbonyl (C=O) groups excluding carboxylic acids is 1. The number of nitrogens with one attached hydrogen (secondary N) is 3. The maximum atomic E-state index is 13.2. The van der Waals surface area contributed by atoms with Gasteiger partial charge in [0.25, 0.3) is 15.9 Å². The van der Waals surface area contributed by atoms with Crippen LogP contribution in [0.1, 0.15) is 11.3 Å². The molecule has 1 atom stereocenters. The molecule has 2 heterocycles. The minimum Gasteiger partial charge on any atom is -0.480 e. The number of thiazole rings is 1. The van der Waals surface area contributed by atoms with Crippen LogP contribution in [0.25, 0.3) is 0 Å². The summed E-state index contributed by atoms with van der Waals surface area (Å²) in [7, 11) is -3.82. The lowest BCUT2D eigenvalue weighted by molar-refractivity contribution is -0.127. The van der Waals surface area contributed by atoms with Gasteiger partial charge in [-0.1, -0.05) is 11.3 Å². The van der Waals surface area contributed by atoms with Crippen LogP contribution in [0.15, 0.2) is 27.2 Å². The lowest BCUT2D eigenvalue weighted by atomic mass is 10.1. The molecule has 0 bridgehead atoms. The van der Waals surface area contributed by atoms with Gasteiger partial charge in [-0.3, -0.25) is 9.59 Å². The molecule has 8 nitrogen and oxygen atoms in total. The van der Waals surface area contributed by atoms with Crippen LogP contribution in [0.3, 0.4) is 0 Å². The molecule has 3 rings (SSSR count). The van der Waals surface area contributed by atoms with Crippen molar-refractivity contribution in [3.8, 4) is 5.75 Å². The molecule has 0 radical (unpaired) electrons. The highest BCUT2D eigenvalue weighted by Gasteiger charge is 2.29. The lowest BCUT2D eigenvalue weighted by Crippen LogP contribution is -2.41. The zero-order chi connectivity index (χ0) is 18.9. The first-order valence-corrected chi connectivity index (χ1v) is 9.98. The predicted octanol–water partition coefficient (Wildman–Crippen LogP) is 0.282. The van der Waals surface area contributed by atoms with Crippen LogP contribution in [-0.4, -0.2) is 38.5 Å². The van der Waals surface area contributed by atoms with E-state index in [2.05, 4.69) is 15.0 Å². The topological polar surface area (TPSA) is 117 Å². The third-order valence-electron chi connectivity index (χ3n) is 3.73. The first-order chi connectivity index (χ1) is 12.3. The first-order valence-electron chi connectivity index (χ1n) is 7.68. The summed E-state index contributed by atoms with van der Waals surface area (Å²) in [6.45, 7) is 1.49. The number of hydrogen-bond donors (Lipinski definition) is 3. The Hall–Kier alpha value is -2.24. The van der Waals surface area contributed by atoms with Gasteiger partial charge in [-0.15, -0.1) is 0 Å². The fourth-order valence-corrected chi connectivity index (χ4v) is 4.94. The van der Waals surface area contributed by atoms with Crippen molar-refractivity contribution in [3.05, 3.63) is 44.9 Å². The molecule has 0 saturated carbocycles. The molecule has 1 aliphatic heterocycles. The van der Waals surface area contributed by atoms with Crippen molar-refractivity contribution in [2.24, 2.45) is 0 Å². The number of fused-ring (bicyclic) bond motifs is 1. The Balaban J connectivity index is 1.49. The van der Waals surface area contributed by atoms with Gasteiger partial charge in [0.15, 0.2) is 10.3 Å². The SMILES string of the molecule is Cc1[nH]c(=O)sc1S(=O)(=O)NCCNC(=O)[C@H]1Cc2cc(F)ccc2O1. The van der Waals surface area contributed by atoms with Crippen LogP contribution < -0.4 is 19.6 Å². The molecule has 0 saturated heterocycles. The van der Waals surface area contributed by atoms with E-state index >= 15 is 0 Å². The number of rotatable bonds is 6. The fourth-order valence-electron chi connectivity index (χ4n) is 2.56. The second-order valence-electron chi connectivity index (χ2n) is 5.68. The number of aryl methyl sites for hydroxylation is 1. The molecule has 1 aromatic carbocycles. The van der Waals surface area contributed by atoms with Gasteiger partial charge >= 0.3 is 4.87 Å². The van der Waals surface area contributed by atoms with E-state index in [0.29, 0.717) is 22.6 Å². The smallest absolute Gasteiger partial charge is 0.305 e. The van der Waals surface area contributed by atoms with Gasteiger partial charge < -0.3 is 15.0 Å². The standard InChI is InChI=1S/C15H16FN3O5S2/c1-8-14(25-15(21)19-8)26(22,23)18-5-4-17-13(20)12-7-9-6-10(16)2-3-11(9)24-12/h2-3,6,12,18H,4-5,7H2,1H3,(H,17,20)(H,19,21)/t12-/m1/s1. The Labute approximate surface area is 152 Å². The fraction of sp³-hybridized carbons (Fsp3) is 0.333. The summed E-state index contributed by atoms with van der Waals surface area (Å²) >= 11 is 0.601. The van der Waals surface area contributed by atoms with Crippen LogP contribution in [0, 0.1) is 12.7 Å². The highest BCUT2D eigenvalue weighted by molar-refractivity contribution is 7.91. The molecule has 11 heteroatoms. The van der Waals surface area contributed by atoms with Crippen LogP contribution in [0.5, 0.6) is 5.75 Å². The summed E-state index contributed by atoms with van der Waals surface area (Å²) in [5.41, 5.74) is 0.879. The van der Waals surface area contributed by atoms with Crippen LogP contribution in [-0.2, 0) is 21.2 Å². The zero-order valence-electron chi connectivity index (χ0n) is 13.7. The van der Waals surface area contributed by atoms with Gasteiger partial charge in [-0.25, -0.2) is 17.5 Å². The van der Waals surface area contributed by atoms with Gasteiger partial charge in [0.1, 0.15) is 11.6 Å². The van der Waals surface area contributed by atoms with Crippen molar-refractivity contribution in [2.45, 2.75) is 23.7 Å². The van der Waals surface area contributed by atoms with E-state index in [1.165, 1.54) is 25.1 Å². The van der Waals surface area contributed by atoms with Crippen molar-refractivity contribution in [1.29, 1.82) is 0 Å². The van der Waals surface area contributed by atoms with Crippen LogP contribution in [0.4, 0.5) is 4.39 Å². The largest absolute Gasteiger partial charge is 0.480 e. The number of ether oxygens (including phenoxy) is 1. The Morgan fingerprint density at radius 3 is 2.88 bits per heavy atom. The lowest BCUT2D eigenvalue weighted by Gasteiger charge is -2.11. The zero-order valence-corrected chi connectivity index (χ0v) is 15.3. The monoisotopic (exact) mass is 401 g/mol. The number of aromatic amines is 1. The van der Waals surface area contributed by atoms with Crippen molar-refractivity contribution in [3.63, 3.8) is 0 Å². The van der Waals surface area contributed by atoms with E-state index in [0.717, 1.165) is 0 Å². The molecule has 0 unspecified atom stereocenters. The quantitative estimate of drug-likeness (QED) is 0.601. The van der Waals surface area contributed by atoms with Crippen molar-refractivity contribution in [2.75, 3.05) is 13.1 Å². The average Bonchev–Trinajstić information content (AvgIpc) is 3.14. The molecule has 140 valence electrons. The van der Waals surface area contributed by atoms with Crippen LogP contribution >= 0.6 is 11.3 Å². The molecule has 2 aromatic rings. The third kappa shape index (κ3) is 3.94. The van der Waals surface area contributed by atoms with E-state index in [1.807, 2.05) is 0 Å². The van der Waals surface area contributed by atoms with Gasteiger partial charge in [0.05, 0.1) is 0 Å². The second-order valence-corrected chi connectivity index (χ2v) is 8.62. The number of sulfonamides is 1. The highest BCUT2D eigenvalue weighted by atomic mass is 32.2. The molecule has 0 fully saturated rings. The molecule has 1 amide bonds. The van der Waals surface area contributed by atoms with Crippen LogP contribution in [0.2, 0.25) is 0 Å². The summed E-state index contributed by atoms with van der Waals surface area (Å²) in [5, 5.41) is 2.57. The highest BCUT2D eigenvalue weighted by Crippen LogP contribution is 2.29. The molecular weight excluding hydrogens is 385 g/mol. The Morgan fingerprint density at radius 2 is 2.19 bits per heavy atom. The average molecular weight is 401 g/mol. The summed E-state index contributed by atoms with van der Waals surface area (Å²) in [4.78, 5) is 25.3. The van der Waals surface area contributed by atoms with Gasteiger partial charge in [0.2, 0.25) is 0 Å². The molecule has 0 aliphatic carbocycles. The number of H-pyrrole nitrogens is 1. The molecule has 1 aromatic heterocycles. The maximum Gasteiger partial charge on any atom is 0.305 e. The number of hydrogen-bond acceptors (Lipinski definition) is 6. The first kappa shape index (κ1) is 18.5. The van der Waals surface area contributed by atoms with E-state index in [4.69, 9.17) is 4.74 Å². The molecule has 0 spiro atoms. The van der Waals surface area contributed by atoms with E-state index < -0.39 is 32.7 Å². The predicted molar refractivity (Wildman–Crippen MR) is 92.4 cm³/mol. The van der Waals surface area contributed by atoms with Crippen molar-refractivity contribution < 1.29 is 22.3 Å². The third-order valence-corrected chi connectivity index (χ3v) is 6.80. The molecular formula is C15H16FN3O5S2. The van der Waals surface area contributed by atoms with Gasteiger partial charge in [0, 0.05) is 30.8 Å². The van der Waals surface area contributed by atoms with Crippen molar-refractivity contribution in [1.82, 2.24) is 15.0 Å². The molecule has 1 aliphatic rings. The number of benzene rings is 1. The second kappa shape index (κ2) is 7.17. The van der Waals surface area contributed by atoms with Crippen molar-refractivity contribution >= 4 is 27.3 Å². The molecule has 3 N–H and O–H groups in total. The number of amides is 1. The summed E-state index contributed by atoms with van der Waals surface area (Å²) in [5.74, 6) is -0.349. The van der Waals surface area contributed by atoms with Gasteiger partial charge in [-0.05, 0) is 25.1 Å². The summed E-state index contributed by atoms with van der Waals surface area (Å²) in [6.07, 6.45) is -0.526.